The van der Waals surface area contributed by atoms with Gasteiger partial charge >= 0.3 is 0 Å². The third-order valence-electron chi connectivity index (χ3n) is 5.93. The van der Waals surface area contributed by atoms with Gasteiger partial charge in [0.1, 0.15) is 6.54 Å². The number of para-hydroxylation sites is 1. The molecule has 2 atom stereocenters. The summed E-state index contributed by atoms with van der Waals surface area (Å²) in [4.78, 5) is 19.5. The van der Waals surface area contributed by atoms with Gasteiger partial charge in [0.2, 0.25) is 5.91 Å². The Labute approximate surface area is 194 Å². The zero-order valence-corrected chi connectivity index (χ0v) is 19.7. The minimum Gasteiger partial charge on any atom is -0.352 e. The van der Waals surface area contributed by atoms with E-state index in [2.05, 4.69) is 53.9 Å². The predicted octanol–water partition coefficient (Wildman–Crippen LogP) is 4.69. The summed E-state index contributed by atoms with van der Waals surface area (Å²) in [6, 6.07) is 17.6. The van der Waals surface area contributed by atoms with E-state index < -0.39 is 0 Å². The molecule has 0 spiro atoms. The molecule has 1 saturated heterocycles. The fraction of sp³-hybridized carbons (Fsp3) is 0.320. The van der Waals surface area contributed by atoms with E-state index in [9.17, 15) is 4.79 Å². The maximum Gasteiger partial charge on any atom is 0.244 e. The molecule has 1 amide bonds. The van der Waals surface area contributed by atoms with Crippen molar-refractivity contribution < 1.29 is 4.79 Å². The second kappa shape index (κ2) is 9.12. The number of rotatable bonds is 6. The molecule has 0 radical (unpaired) electrons. The zero-order chi connectivity index (χ0) is 22.8. The summed E-state index contributed by atoms with van der Waals surface area (Å²) in [6.07, 6.45) is 1.79. The fourth-order valence-corrected chi connectivity index (χ4v) is 4.99. The Kier molecular flexibility index (Phi) is 6.28. The van der Waals surface area contributed by atoms with Gasteiger partial charge in [-0.3, -0.25) is 9.78 Å². The Morgan fingerprint density at radius 1 is 1.16 bits per heavy atom. The van der Waals surface area contributed by atoms with Crippen LogP contribution in [0.3, 0.4) is 0 Å². The summed E-state index contributed by atoms with van der Waals surface area (Å²) < 4.78 is 2.33. The molecule has 2 unspecified atom stereocenters. The molecular formula is C25H29N5OS. The maximum absolute atomic E-state index is 12.9. The number of aromatic nitrogens is 2. The molecule has 6 nitrogen and oxygen atoms in total. The number of thiocarbonyl (C=S) groups is 1. The van der Waals surface area contributed by atoms with Crippen LogP contribution in [0.2, 0.25) is 0 Å². The van der Waals surface area contributed by atoms with Crippen molar-refractivity contribution >= 4 is 28.9 Å². The number of nitrogens with one attached hydrogen (secondary N) is 2. The number of benzene rings is 1. The lowest BCUT2D eigenvalue weighted by Gasteiger charge is -2.28. The number of pyridine rings is 1. The third kappa shape index (κ3) is 4.25. The highest BCUT2D eigenvalue weighted by Crippen LogP contribution is 2.41. The molecule has 0 aliphatic carbocycles. The summed E-state index contributed by atoms with van der Waals surface area (Å²) in [5.74, 6) is -0.107. The number of carbonyl (C=O) groups is 1. The average Bonchev–Trinajstić information content (AvgIpc) is 3.24. The molecule has 7 heteroatoms. The second-order valence-electron chi connectivity index (χ2n) is 8.46. The van der Waals surface area contributed by atoms with E-state index in [0.717, 1.165) is 16.9 Å². The Morgan fingerprint density at radius 2 is 1.88 bits per heavy atom. The van der Waals surface area contributed by atoms with E-state index in [1.165, 1.54) is 11.4 Å². The van der Waals surface area contributed by atoms with Crippen LogP contribution in [-0.4, -0.2) is 32.0 Å². The molecule has 166 valence electrons. The lowest BCUT2D eigenvalue weighted by atomic mass is 9.96. The van der Waals surface area contributed by atoms with E-state index in [4.69, 9.17) is 12.2 Å². The molecule has 1 aliphatic heterocycles. The maximum atomic E-state index is 12.9. The first-order valence-corrected chi connectivity index (χ1v) is 11.3. The van der Waals surface area contributed by atoms with Crippen molar-refractivity contribution in [2.24, 2.45) is 0 Å². The SMILES string of the molecule is Cc1cc(C2C(c3ccccn3)NC(=S)N2CC(=O)Nc2ccccc2)c(C)n1C(C)C. The van der Waals surface area contributed by atoms with Gasteiger partial charge in [0.05, 0.1) is 17.8 Å². The summed E-state index contributed by atoms with van der Waals surface area (Å²) in [5.41, 5.74) is 5.21. The average molecular weight is 448 g/mol. The lowest BCUT2D eigenvalue weighted by Crippen LogP contribution is -2.37. The molecule has 32 heavy (non-hydrogen) atoms. The second-order valence-corrected chi connectivity index (χ2v) is 8.85. The van der Waals surface area contributed by atoms with Gasteiger partial charge < -0.3 is 20.1 Å². The van der Waals surface area contributed by atoms with Gasteiger partial charge in [-0.2, -0.15) is 0 Å². The van der Waals surface area contributed by atoms with Crippen LogP contribution in [-0.2, 0) is 4.79 Å². The largest absolute Gasteiger partial charge is 0.352 e. The molecule has 4 rings (SSSR count). The Morgan fingerprint density at radius 3 is 2.50 bits per heavy atom. The van der Waals surface area contributed by atoms with Gasteiger partial charge in [0.15, 0.2) is 5.11 Å². The van der Waals surface area contributed by atoms with Crippen molar-refractivity contribution in [2.75, 3.05) is 11.9 Å². The molecule has 0 saturated carbocycles. The smallest absolute Gasteiger partial charge is 0.244 e. The minimum absolute atomic E-state index is 0.107. The zero-order valence-electron chi connectivity index (χ0n) is 18.9. The van der Waals surface area contributed by atoms with E-state index in [0.29, 0.717) is 11.2 Å². The number of anilines is 1. The summed E-state index contributed by atoms with van der Waals surface area (Å²) in [6.45, 7) is 8.78. The first kappa shape index (κ1) is 22.0. The van der Waals surface area contributed by atoms with Gasteiger partial charge in [0.25, 0.3) is 0 Å². The number of hydrogen-bond acceptors (Lipinski definition) is 3. The van der Waals surface area contributed by atoms with Gasteiger partial charge in [-0.15, -0.1) is 0 Å². The van der Waals surface area contributed by atoms with Crippen LogP contribution in [0.25, 0.3) is 0 Å². The van der Waals surface area contributed by atoms with Gasteiger partial charge in [-0.25, -0.2) is 0 Å². The highest BCUT2D eigenvalue weighted by atomic mass is 32.1. The molecular weight excluding hydrogens is 418 g/mol. The highest BCUT2D eigenvalue weighted by molar-refractivity contribution is 7.80. The van der Waals surface area contributed by atoms with E-state index in [1.807, 2.05) is 53.4 Å². The Balaban J connectivity index is 1.70. The normalized spacial score (nSPS) is 18.2. The molecule has 1 aromatic carbocycles. The van der Waals surface area contributed by atoms with Crippen LogP contribution in [0.4, 0.5) is 5.69 Å². The lowest BCUT2D eigenvalue weighted by molar-refractivity contribution is -0.116. The van der Waals surface area contributed by atoms with Gasteiger partial charge in [0, 0.05) is 29.3 Å². The van der Waals surface area contributed by atoms with Crippen molar-refractivity contribution in [2.45, 2.75) is 45.8 Å². The summed E-state index contributed by atoms with van der Waals surface area (Å²) in [5, 5.41) is 6.96. The van der Waals surface area contributed by atoms with Crippen molar-refractivity contribution in [1.82, 2.24) is 19.8 Å². The Bertz CT molecular complexity index is 1110. The number of nitrogens with zero attached hydrogens (tertiary/aromatic N) is 3. The number of carbonyl (C=O) groups excluding carboxylic acids is 1. The molecule has 2 aromatic heterocycles. The van der Waals surface area contributed by atoms with Gasteiger partial charge in [-0.1, -0.05) is 24.3 Å². The Hall–Kier alpha value is -3.19. The first-order chi connectivity index (χ1) is 15.4. The van der Waals surface area contributed by atoms with Crippen LogP contribution in [0.5, 0.6) is 0 Å². The molecule has 3 aromatic rings. The van der Waals surface area contributed by atoms with Crippen LogP contribution < -0.4 is 10.6 Å². The topological polar surface area (TPSA) is 62.2 Å². The van der Waals surface area contributed by atoms with E-state index >= 15 is 0 Å². The fourth-order valence-electron chi connectivity index (χ4n) is 4.69. The minimum atomic E-state index is -0.144. The van der Waals surface area contributed by atoms with Gasteiger partial charge in [-0.05, 0) is 75.8 Å². The van der Waals surface area contributed by atoms with Crippen LogP contribution in [0.1, 0.15) is 54.6 Å². The van der Waals surface area contributed by atoms with Crippen LogP contribution in [0.15, 0.2) is 60.8 Å². The first-order valence-electron chi connectivity index (χ1n) is 10.9. The van der Waals surface area contributed by atoms with Crippen LogP contribution >= 0.6 is 12.2 Å². The standard InChI is InChI=1S/C25H29N5OS/c1-16(2)30-17(3)14-20(18(30)4)24-23(21-12-8-9-13-26-21)28-25(32)29(24)15-22(31)27-19-10-6-5-7-11-19/h5-14,16,23-24H,15H2,1-4H3,(H,27,31)(H,28,32). The molecule has 0 bridgehead atoms. The molecule has 2 N–H and O–H groups in total. The molecule has 1 fully saturated rings. The monoisotopic (exact) mass is 447 g/mol. The number of hydrogen-bond donors (Lipinski definition) is 2. The highest BCUT2D eigenvalue weighted by Gasteiger charge is 2.42. The summed E-state index contributed by atoms with van der Waals surface area (Å²) in [7, 11) is 0. The molecule has 1 aliphatic rings. The van der Waals surface area contributed by atoms with Crippen molar-refractivity contribution in [3.63, 3.8) is 0 Å². The van der Waals surface area contributed by atoms with Crippen molar-refractivity contribution in [3.8, 4) is 0 Å². The van der Waals surface area contributed by atoms with E-state index in [1.54, 1.807) is 6.20 Å². The summed E-state index contributed by atoms with van der Waals surface area (Å²) >= 11 is 5.71. The van der Waals surface area contributed by atoms with E-state index in [-0.39, 0.29) is 24.5 Å². The van der Waals surface area contributed by atoms with Crippen molar-refractivity contribution in [1.29, 1.82) is 0 Å². The predicted molar refractivity (Wildman–Crippen MR) is 132 cm³/mol. The van der Waals surface area contributed by atoms with Crippen molar-refractivity contribution in [3.05, 3.63) is 83.4 Å². The van der Waals surface area contributed by atoms with Crippen LogP contribution in [0, 0.1) is 13.8 Å². The quantitative estimate of drug-likeness (QED) is 0.537. The molecule has 3 heterocycles. The number of aryl methyl sites for hydroxylation is 1. The third-order valence-corrected chi connectivity index (χ3v) is 6.28. The number of amides is 1.